The minimum atomic E-state index is 0.527. The van der Waals surface area contributed by atoms with Crippen LogP contribution >= 0.6 is 11.8 Å². The number of nitrogen functional groups attached to an aromatic ring is 1. The first-order chi connectivity index (χ1) is 10.7. The molecule has 1 aliphatic rings. The minimum Gasteiger partial charge on any atom is -0.384 e. The fraction of sp³-hybridized carbons (Fsp3) is 0.471. The predicted molar refractivity (Wildman–Crippen MR) is 90.8 cm³/mol. The third-order valence-electron chi connectivity index (χ3n) is 4.12. The summed E-state index contributed by atoms with van der Waals surface area (Å²) in [6.07, 6.45) is 8.66. The lowest BCUT2D eigenvalue weighted by atomic mass is 9.84. The van der Waals surface area contributed by atoms with Crippen LogP contribution < -0.4 is 5.73 Å². The highest BCUT2D eigenvalue weighted by atomic mass is 32.2. The normalized spacial score (nSPS) is 15.9. The Kier molecular flexibility index (Phi) is 4.93. The van der Waals surface area contributed by atoms with Gasteiger partial charge in [0.1, 0.15) is 5.82 Å². The first-order valence-electron chi connectivity index (χ1n) is 7.89. The van der Waals surface area contributed by atoms with Gasteiger partial charge in [-0.3, -0.25) is 4.98 Å². The molecule has 2 aromatic rings. The second-order valence-electron chi connectivity index (χ2n) is 5.92. The van der Waals surface area contributed by atoms with Crippen molar-refractivity contribution in [2.24, 2.45) is 0 Å². The van der Waals surface area contributed by atoms with Crippen LogP contribution in [0, 0.1) is 6.92 Å². The monoisotopic (exact) mass is 314 g/mol. The first-order valence-corrected chi connectivity index (χ1v) is 8.88. The molecule has 3 rings (SSSR count). The fourth-order valence-corrected chi connectivity index (χ4v) is 3.85. The zero-order valence-corrected chi connectivity index (χ0v) is 13.8. The van der Waals surface area contributed by atoms with Gasteiger partial charge in [0.25, 0.3) is 0 Å². The van der Waals surface area contributed by atoms with E-state index in [1.165, 1.54) is 37.7 Å². The van der Waals surface area contributed by atoms with Crippen LogP contribution in [0.5, 0.6) is 0 Å². The van der Waals surface area contributed by atoms with Gasteiger partial charge in [0.2, 0.25) is 0 Å². The number of hydrogen-bond donors (Lipinski definition) is 1. The maximum Gasteiger partial charge on any atom is 0.190 e. The molecule has 0 spiro atoms. The van der Waals surface area contributed by atoms with Crippen molar-refractivity contribution in [1.29, 1.82) is 0 Å². The Bertz CT molecular complexity index is 618. The number of thioether (sulfide) groups is 1. The van der Waals surface area contributed by atoms with Gasteiger partial charge in [-0.2, -0.15) is 0 Å². The van der Waals surface area contributed by atoms with E-state index < -0.39 is 0 Å². The van der Waals surface area contributed by atoms with Crippen LogP contribution in [0.2, 0.25) is 0 Å². The van der Waals surface area contributed by atoms with E-state index >= 15 is 0 Å². The highest BCUT2D eigenvalue weighted by Crippen LogP contribution is 2.33. The molecule has 4 nitrogen and oxygen atoms in total. The summed E-state index contributed by atoms with van der Waals surface area (Å²) in [4.78, 5) is 13.2. The maximum absolute atomic E-state index is 5.77. The topological polar surface area (TPSA) is 64.7 Å². The summed E-state index contributed by atoms with van der Waals surface area (Å²) in [6, 6.07) is 6.21. The molecule has 5 heteroatoms. The van der Waals surface area contributed by atoms with E-state index in [-0.39, 0.29) is 0 Å². The van der Waals surface area contributed by atoms with Crippen LogP contribution in [0.4, 0.5) is 5.82 Å². The van der Waals surface area contributed by atoms with Crippen molar-refractivity contribution in [2.45, 2.75) is 55.9 Å². The van der Waals surface area contributed by atoms with Crippen molar-refractivity contribution in [3.05, 3.63) is 41.3 Å². The van der Waals surface area contributed by atoms with E-state index in [1.807, 2.05) is 13.1 Å². The fourth-order valence-electron chi connectivity index (χ4n) is 3.03. The molecular weight excluding hydrogens is 292 g/mol. The molecule has 1 aliphatic carbocycles. The Morgan fingerprint density at radius 1 is 1.18 bits per heavy atom. The van der Waals surface area contributed by atoms with Crippen molar-refractivity contribution in [2.75, 3.05) is 5.73 Å². The highest BCUT2D eigenvalue weighted by Gasteiger charge is 2.16. The number of nitrogens with zero attached hydrogens (tertiary/aromatic N) is 3. The van der Waals surface area contributed by atoms with Gasteiger partial charge in [0.05, 0.1) is 5.69 Å². The average Bonchev–Trinajstić information content (AvgIpc) is 2.53. The number of nitrogens with two attached hydrogens (primary N) is 1. The second-order valence-corrected chi connectivity index (χ2v) is 6.86. The molecule has 0 amide bonds. The second kappa shape index (κ2) is 7.09. The summed E-state index contributed by atoms with van der Waals surface area (Å²) in [5, 5.41) is 0.724. The molecule has 0 unspecified atom stereocenters. The number of aryl methyl sites for hydroxylation is 1. The van der Waals surface area contributed by atoms with Gasteiger partial charge >= 0.3 is 0 Å². The van der Waals surface area contributed by atoms with Crippen LogP contribution in [0.15, 0.2) is 29.6 Å². The Morgan fingerprint density at radius 2 is 2.00 bits per heavy atom. The van der Waals surface area contributed by atoms with E-state index in [2.05, 4.69) is 27.1 Å². The highest BCUT2D eigenvalue weighted by molar-refractivity contribution is 7.98. The third kappa shape index (κ3) is 3.97. The summed E-state index contributed by atoms with van der Waals surface area (Å²) in [6.45, 7) is 1.93. The Morgan fingerprint density at radius 3 is 2.77 bits per heavy atom. The van der Waals surface area contributed by atoms with E-state index in [0.29, 0.717) is 11.7 Å². The van der Waals surface area contributed by atoms with Gasteiger partial charge in [-0.05, 0) is 43.4 Å². The lowest BCUT2D eigenvalue weighted by Crippen LogP contribution is -2.05. The number of hydrogen-bond acceptors (Lipinski definition) is 5. The van der Waals surface area contributed by atoms with Gasteiger partial charge in [0.15, 0.2) is 5.16 Å². The molecule has 0 aliphatic heterocycles. The van der Waals surface area contributed by atoms with Crippen molar-refractivity contribution < 1.29 is 0 Å². The van der Waals surface area contributed by atoms with Gasteiger partial charge < -0.3 is 5.73 Å². The van der Waals surface area contributed by atoms with Crippen molar-refractivity contribution >= 4 is 17.6 Å². The van der Waals surface area contributed by atoms with Gasteiger partial charge in [-0.15, -0.1) is 0 Å². The van der Waals surface area contributed by atoms with Gasteiger partial charge in [-0.1, -0.05) is 31.0 Å². The zero-order valence-electron chi connectivity index (χ0n) is 13.0. The SMILES string of the molecule is Cc1cc(N)nc(SCc2cc(C3CCCCC3)ccn2)n1. The van der Waals surface area contributed by atoms with Crippen molar-refractivity contribution in [3.63, 3.8) is 0 Å². The third-order valence-corrected chi connectivity index (χ3v) is 5.00. The van der Waals surface area contributed by atoms with Crippen LogP contribution in [0.1, 0.15) is 55.0 Å². The lowest BCUT2D eigenvalue weighted by molar-refractivity contribution is 0.443. The number of pyridine rings is 1. The molecular formula is C17H22N4S. The van der Waals surface area contributed by atoms with Crippen LogP contribution in [0.25, 0.3) is 0 Å². The summed E-state index contributed by atoms with van der Waals surface area (Å²) < 4.78 is 0. The molecule has 22 heavy (non-hydrogen) atoms. The molecule has 0 aromatic carbocycles. The summed E-state index contributed by atoms with van der Waals surface area (Å²) in [7, 11) is 0. The molecule has 1 saturated carbocycles. The van der Waals surface area contributed by atoms with E-state index in [0.717, 1.165) is 22.3 Å². The van der Waals surface area contributed by atoms with Gasteiger partial charge in [0, 0.05) is 23.7 Å². The minimum absolute atomic E-state index is 0.527. The molecule has 0 atom stereocenters. The summed E-state index contributed by atoms with van der Waals surface area (Å²) in [5.74, 6) is 2.02. The molecule has 2 heterocycles. The zero-order chi connectivity index (χ0) is 15.4. The molecule has 2 aromatic heterocycles. The smallest absolute Gasteiger partial charge is 0.190 e. The predicted octanol–water partition coefficient (Wildman–Crippen LogP) is 4.10. The molecule has 0 radical (unpaired) electrons. The van der Waals surface area contributed by atoms with E-state index in [1.54, 1.807) is 17.8 Å². The van der Waals surface area contributed by atoms with Crippen molar-refractivity contribution in [3.8, 4) is 0 Å². The quantitative estimate of drug-likeness (QED) is 0.680. The van der Waals surface area contributed by atoms with Crippen LogP contribution in [0.3, 0.4) is 0 Å². The van der Waals surface area contributed by atoms with Crippen molar-refractivity contribution in [1.82, 2.24) is 15.0 Å². The Hall–Kier alpha value is -1.62. The lowest BCUT2D eigenvalue weighted by Gasteiger charge is -2.22. The number of anilines is 1. The largest absolute Gasteiger partial charge is 0.384 e. The van der Waals surface area contributed by atoms with Gasteiger partial charge in [-0.25, -0.2) is 9.97 Å². The Labute approximate surface area is 136 Å². The first kappa shape index (κ1) is 15.3. The number of aromatic nitrogens is 3. The molecule has 116 valence electrons. The van der Waals surface area contributed by atoms with Crippen LogP contribution in [-0.4, -0.2) is 15.0 Å². The summed E-state index contributed by atoms with van der Waals surface area (Å²) in [5.41, 5.74) is 9.21. The van der Waals surface area contributed by atoms with E-state index in [9.17, 15) is 0 Å². The average molecular weight is 314 g/mol. The Balaban J connectivity index is 1.67. The van der Waals surface area contributed by atoms with E-state index in [4.69, 9.17) is 5.73 Å². The molecule has 0 saturated heterocycles. The number of rotatable bonds is 4. The van der Waals surface area contributed by atoms with Crippen LogP contribution in [-0.2, 0) is 5.75 Å². The standard InChI is InChI=1S/C17H22N4S/c1-12-9-16(18)21-17(20-12)22-11-15-10-14(7-8-19-15)13-5-3-2-4-6-13/h7-10,13H,2-6,11H2,1H3,(H2,18,20,21). The maximum atomic E-state index is 5.77. The summed E-state index contributed by atoms with van der Waals surface area (Å²) >= 11 is 1.59. The molecule has 0 bridgehead atoms. The molecule has 1 fully saturated rings. The molecule has 2 N–H and O–H groups in total.